The molecule has 0 spiro atoms. The van der Waals surface area contributed by atoms with Crippen LogP contribution in [0.15, 0.2) is 48.5 Å². The van der Waals surface area contributed by atoms with Crippen LogP contribution in [0, 0.1) is 5.92 Å². The molecule has 0 aliphatic heterocycles. The number of ether oxygens (including phenoxy) is 3. The first-order valence-corrected chi connectivity index (χ1v) is 10.3. The zero-order chi connectivity index (χ0) is 22.6. The maximum Gasteiger partial charge on any atom is 0.309 e. The molecule has 0 aromatic heterocycles. The fourth-order valence-electron chi connectivity index (χ4n) is 3.87. The number of fused-ring (bicyclic) bond motifs is 3. The van der Waals surface area contributed by atoms with Gasteiger partial charge in [0.05, 0.1) is 25.9 Å². The Balaban J connectivity index is 1.65. The summed E-state index contributed by atoms with van der Waals surface area (Å²) < 4.78 is 15.6. The molecule has 6 nitrogen and oxygen atoms in total. The zero-order valence-electron chi connectivity index (χ0n) is 18.3. The van der Waals surface area contributed by atoms with E-state index >= 15 is 0 Å². The average Bonchev–Trinajstić information content (AvgIpc) is 3.03. The molecule has 0 saturated carbocycles. The van der Waals surface area contributed by atoms with Crippen molar-refractivity contribution in [3.05, 3.63) is 59.7 Å². The van der Waals surface area contributed by atoms with Gasteiger partial charge < -0.3 is 14.2 Å². The third-order valence-corrected chi connectivity index (χ3v) is 5.15. The quantitative estimate of drug-likeness (QED) is 0.488. The molecule has 0 unspecified atom stereocenters. The first kappa shape index (κ1) is 22.5. The van der Waals surface area contributed by atoms with Crippen LogP contribution in [0.2, 0.25) is 0 Å². The average molecular weight is 424 g/mol. The van der Waals surface area contributed by atoms with Crippen molar-refractivity contribution in [1.82, 2.24) is 0 Å². The molecular formula is C25H28O6. The summed E-state index contributed by atoms with van der Waals surface area (Å²) in [5.41, 5.74) is 3.80. The predicted octanol–water partition coefficient (Wildman–Crippen LogP) is 4.25. The van der Waals surface area contributed by atoms with Gasteiger partial charge in [-0.15, -0.1) is 0 Å². The number of benzene rings is 2. The monoisotopic (exact) mass is 424 g/mol. The highest BCUT2D eigenvalue weighted by Gasteiger charge is 2.31. The Hall–Kier alpha value is -3.15. The molecule has 0 fully saturated rings. The van der Waals surface area contributed by atoms with Gasteiger partial charge >= 0.3 is 17.9 Å². The number of esters is 3. The largest absolute Gasteiger partial charge is 0.469 e. The van der Waals surface area contributed by atoms with Crippen LogP contribution in [-0.2, 0) is 28.6 Å². The van der Waals surface area contributed by atoms with Crippen LogP contribution >= 0.6 is 0 Å². The minimum absolute atomic E-state index is 0.0706. The molecule has 0 bridgehead atoms. The van der Waals surface area contributed by atoms with Crippen molar-refractivity contribution in [3.63, 3.8) is 0 Å². The van der Waals surface area contributed by atoms with Crippen molar-refractivity contribution in [1.29, 1.82) is 0 Å². The molecule has 6 heteroatoms. The van der Waals surface area contributed by atoms with E-state index in [1.54, 1.807) is 20.8 Å². The first-order valence-electron chi connectivity index (χ1n) is 10.3. The Morgan fingerprint density at radius 1 is 0.871 bits per heavy atom. The van der Waals surface area contributed by atoms with Crippen LogP contribution < -0.4 is 0 Å². The number of methoxy groups -OCH3 is 1. The molecule has 0 N–H and O–H groups in total. The number of hydrogen-bond acceptors (Lipinski definition) is 6. The maximum atomic E-state index is 12.5. The second-order valence-electron chi connectivity index (χ2n) is 8.62. The van der Waals surface area contributed by atoms with E-state index in [9.17, 15) is 14.4 Å². The fourth-order valence-corrected chi connectivity index (χ4v) is 3.87. The van der Waals surface area contributed by atoms with Gasteiger partial charge in [-0.1, -0.05) is 48.5 Å². The summed E-state index contributed by atoms with van der Waals surface area (Å²) in [6.45, 7) is 5.38. The molecule has 31 heavy (non-hydrogen) atoms. The Bertz CT molecular complexity index is 926. The van der Waals surface area contributed by atoms with Crippen molar-refractivity contribution >= 4 is 17.9 Å². The topological polar surface area (TPSA) is 78.9 Å². The first-order chi connectivity index (χ1) is 14.7. The van der Waals surface area contributed by atoms with Gasteiger partial charge in [0.2, 0.25) is 0 Å². The third kappa shape index (κ3) is 5.51. The lowest BCUT2D eigenvalue weighted by molar-refractivity contribution is -0.162. The van der Waals surface area contributed by atoms with E-state index in [1.165, 1.54) is 7.11 Å². The molecule has 0 saturated heterocycles. The molecule has 1 atom stereocenters. The lowest BCUT2D eigenvalue weighted by Crippen LogP contribution is -2.29. The molecule has 1 aliphatic rings. The standard InChI is InChI=1S/C25H28O6/c1-25(2,3)31-23(27)14-16(24(28)29-4)13-22(26)30-15-21-19-11-7-5-9-17(19)18-10-6-8-12-20(18)21/h5-12,16,21H,13-15H2,1-4H3/t16-/m0/s1. The second-order valence-corrected chi connectivity index (χ2v) is 8.62. The molecule has 1 aliphatic carbocycles. The van der Waals surface area contributed by atoms with Gasteiger partial charge in [0.15, 0.2) is 0 Å². The highest BCUT2D eigenvalue weighted by atomic mass is 16.6. The third-order valence-electron chi connectivity index (χ3n) is 5.15. The van der Waals surface area contributed by atoms with Crippen molar-refractivity contribution in [3.8, 4) is 11.1 Å². The van der Waals surface area contributed by atoms with Crippen molar-refractivity contribution in [2.24, 2.45) is 5.92 Å². The Morgan fingerprint density at radius 2 is 1.39 bits per heavy atom. The van der Waals surface area contributed by atoms with Crippen molar-refractivity contribution in [2.45, 2.75) is 45.1 Å². The van der Waals surface area contributed by atoms with E-state index < -0.39 is 29.4 Å². The van der Waals surface area contributed by atoms with Crippen LogP contribution in [0.5, 0.6) is 0 Å². The number of rotatable bonds is 7. The van der Waals surface area contributed by atoms with E-state index in [-0.39, 0.29) is 25.4 Å². The predicted molar refractivity (Wildman–Crippen MR) is 115 cm³/mol. The number of carbonyl (C=O) groups excluding carboxylic acids is 3. The molecule has 2 aromatic carbocycles. The summed E-state index contributed by atoms with van der Waals surface area (Å²) in [4.78, 5) is 36.8. The van der Waals surface area contributed by atoms with Gasteiger partial charge in [0, 0.05) is 5.92 Å². The molecule has 2 aromatic rings. The summed E-state index contributed by atoms with van der Waals surface area (Å²) in [5, 5.41) is 0. The van der Waals surface area contributed by atoms with Crippen LogP contribution in [0.1, 0.15) is 50.7 Å². The van der Waals surface area contributed by atoms with Gasteiger partial charge in [-0.3, -0.25) is 14.4 Å². The lowest BCUT2D eigenvalue weighted by atomic mass is 9.98. The van der Waals surface area contributed by atoms with Crippen LogP contribution in [0.3, 0.4) is 0 Å². The second kappa shape index (κ2) is 9.33. The Morgan fingerprint density at radius 3 is 1.90 bits per heavy atom. The van der Waals surface area contributed by atoms with E-state index in [4.69, 9.17) is 14.2 Å². The fraction of sp³-hybridized carbons (Fsp3) is 0.400. The summed E-state index contributed by atoms with van der Waals surface area (Å²) in [6.07, 6.45) is -0.490. The van der Waals surface area contributed by atoms with E-state index in [2.05, 4.69) is 12.1 Å². The molecule has 164 valence electrons. The van der Waals surface area contributed by atoms with Gasteiger partial charge in [-0.05, 0) is 43.0 Å². The van der Waals surface area contributed by atoms with Gasteiger partial charge in [0.1, 0.15) is 12.2 Å². The van der Waals surface area contributed by atoms with Crippen LogP contribution in [0.25, 0.3) is 11.1 Å². The van der Waals surface area contributed by atoms with E-state index in [0.29, 0.717) is 0 Å². The molecule has 3 rings (SSSR count). The Labute approximate surface area is 182 Å². The number of carbonyl (C=O) groups is 3. The smallest absolute Gasteiger partial charge is 0.309 e. The summed E-state index contributed by atoms with van der Waals surface area (Å²) >= 11 is 0. The highest BCUT2D eigenvalue weighted by Crippen LogP contribution is 2.44. The SMILES string of the molecule is COC(=O)[C@@H](CC(=O)OCC1c2ccccc2-c2ccccc21)CC(=O)OC(C)(C)C. The summed E-state index contributed by atoms with van der Waals surface area (Å²) in [7, 11) is 1.22. The minimum atomic E-state index is -0.949. The highest BCUT2D eigenvalue weighted by molar-refractivity contribution is 5.84. The molecule has 0 amide bonds. The van der Waals surface area contributed by atoms with Crippen LogP contribution in [-0.4, -0.2) is 37.2 Å². The molecule has 0 heterocycles. The van der Waals surface area contributed by atoms with Crippen LogP contribution in [0.4, 0.5) is 0 Å². The van der Waals surface area contributed by atoms with E-state index in [1.807, 2.05) is 36.4 Å². The molecule has 0 radical (unpaired) electrons. The normalized spacial score (nSPS) is 13.7. The van der Waals surface area contributed by atoms with Gasteiger partial charge in [-0.25, -0.2) is 0 Å². The van der Waals surface area contributed by atoms with Crippen molar-refractivity contribution < 1.29 is 28.6 Å². The summed E-state index contributed by atoms with van der Waals surface area (Å²) in [6, 6.07) is 16.1. The zero-order valence-corrected chi connectivity index (χ0v) is 18.3. The lowest BCUT2D eigenvalue weighted by Gasteiger charge is -2.21. The number of hydrogen-bond donors (Lipinski definition) is 0. The summed E-state index contributed by atoms with van der Waals surface area (Å²) in [5.74, 6) is -2.77. The van der Waals surface area contributed by atoms with Gasteiger partial charge in [-0.2, -0.15) is 0 Å². The minimum Gasteiger partial charge on any atom is -0.469 e. The Kier molecular flexibility index (Phi) is 6.78. The maximum absolute atomic E-state index is 12.5. The van der Waals surface area contributed by atoms with Gasteiger partial charge in [0.25, 0.3) is 0 Å². The van der Waals surface area contributed by atoms with E-state index in [0.717, 1.165) is 22.3 Å². The van der Waals surface area contributed by atoms with Crippen molar-refractivity contribution in [2.75, 3.05) is 13.7 Å². The molecular weight excluding hydrogens is 396 g/mol.